The molecule has 0 unspecified atom stereocenters. The molecule has 5 nitrogen and oxygen atoms in total. The Hall–Kier alpha value is -1.98. The van der Waals surface area contributed by atoms with Crippen LogP contribution in [0, 0.1) is 13.8 Å². The largest absolute Gasteiger partial charge is 0.353 e. The highest BCUT2D eigenvalue weighted by molar-refractivity contribution is 6.30. The lowest BCUT2D eigenvalue weighted by Crippen LogP contribution is -2.37. The summed E-state index contributed by atoms with van der Waals surface area (Å²) in [5.41, 5.74) is 4.09. The monoisotopic (exact) mass is 440 g/mol. The molecule has 1 amide bonds. The van der Waals surface area contributed by atoms with E-state index >= 15 is 0 Å². The van der Waals surface area contributed by atoms with Gasteiger partial charge in [-0.25, -0.2) is 9.97 Å². The van der Waals surface area contributed by atoms with Crippen molar-refractivity contribution in [2.24, 2.45) is 0 Å². The molecule has 1 N–H and O–H groups in total. The van der Waals surface area contributed by atoms with E-state index in [2.05, 4.69) is 16.3 Å². The molecule has 166 valence electrons. The molecule has 1 aromatic heterocycles. The third-order valence-electron chi connectivity index (χ3n) is 6.68. The normalized spacial score (nSPS) is 20.2. The van der Waals surface area contributed by atoms with Crippen molar-refractivity contribution in [1.82, 2.24) is 20.2 Å². The van der Waals surface area contributed by atoms with E-state index in [0.29, 0.717) is 18.4 Å². The fraction of sp³-hybridized carbons (Fsp3) is 0.560. The van der Waals surface area contributed by atoms with E-state index in [4.69, 9.17) is 21.6 Å². The van der Waals surface area contributed by atoms with Crippen LogP contribution in [0.4, 0.5) is 0 Å². The Morgan fingerprint density at radius 3 is 2.58 bits per heavy atom. The van der Waals surface area contributed by atoms with Crippen molar-refractivity contribution >= 4 is 17.5 Å². The summed E-state index contributed by atoms with van der Waals surface area (Å²) in [5, 5.41) is 4.00. The van der Waals surface area contributed by atoms with Crippen molar-refractivity contribution in [3.8, 4) is 0 Å². The Balaban J connectivity index is 1.37. The zero-order chi connectivity index (χ0) is 21.8. The molecule has 1 atom stereocenters. The van der Waals surface area contributed by atoms with Gasteiger partial charge in [0.1, 0.15) is 5.82 Å². The summed E-state index contributed by atoms with van der Waals surface area (Å²) >= 11 is 6.13. The SMILES string of the molecule is Cc1nc([C@@H]2CCN(Cc3cccc(Cl)c3)C2)nc(C)c1CC(=O)NC1CCCCC1. The first kappa shape index (κ1) is 22.2. The lowest BCUT2D eigenvalue weighted by molar-refractivity contribution is -0.121. The minimum absolute atomic E-state index is 0.100. The van der Waals surface area contributed by atoms with Crippen LogP contribution in [-0.2, 0) is 17.8 Å². The maximum Gasteiger partial charge on any atom is 0.224 e. The molecule has 2 fully saturated rings. The van der Waals surface area contributed by atoms with E-state index in [1.807, 2.05) is 32.0 Å². The van der Waals surface area contributed by atoms with E-state index in [1.54, 1.807) is 0 Å². The van der Waals surface area contributed by atoms with Crippen molar-refractivity contribution in [2.45, 2.75) is 77.3 Å². The van der Waals surface area contributed by atoms with Gasteiger partial charge in [-0.05, 0) is 57.4 Å². The Bertz CT molecular complexity index is 902. The molecule has 0 spiro atoms. The third kappa shape index (κ3) is 5.83. The number of nitrogens with one attached hydrogen (secondary N) is 1. The minimum Gasteiger partial charge on any atom is -0.353 e. The number of hydrogen-bond acceptors (Lipinski definition) is 4. The number of aromatic nitrogens is 2. The lowest BCUT2D eigenvalue weighted by Gasteiger charge is -2.23. The number of aryl methyl sites for hydroxylation is 2. The predicted molar refractivity (Wildman–Crippen MR) is 124 cm³/mol. The standard InChI is InChI=1S/C25H33ClN4O/c1-17-23(14-24(31)29-22-9-4-3-5-10-22)18(2)28-25(27-17)20-11-12-30(16-20)15-19-7-6-8-21(26)13-19/h6-8,13,20,22H,3-5,9-12,14-16H2,1-2H3,(H,29,31)/t20-/m1/s1. The molecule has 31 heavy (non-hydrogen) atoms. The predicted octanol–water partition coefficient (Wildman–Crippen LogP) is 4.73. The van der Waals surface area contributed by atoms with E-state index in [9.17, 15) is 4.79 Å². The summed E-state index contributed by atoms with van der Waals surface area (Å²) in [4.78, 5) is 24.7. The highest BCUT2D eigenvalue weighted by Gasteiger charge is 2.27. The van der Waals surface area contributed by atoms with Gasteiger partial charge in [0.2, 0.25) is 5.91 Å². The second-order valence-corrected chi connectivity index (χ2v) is 9.60. The Labute approximate surface area is 190 Å². The fourth-order valence-electron chi connectivity index (χ4n) is 4.97. The maximum absolute atomic E-state index is 12.6. The molecule has 1 aliphatic heterocycles. The molecule has 4 rings (SSSR count). The molecule has 6 heteroatoms. The van der Waals surface area contributed by atoms with Crippen LogP contribution in [0.15, 0.2) is 24.3 Å². The van der Waals surface area contributed by atoms with Crippen LogP contribution in [0.1, 0.15) is 72.8 Å². The van der Waals surface area contributed by atoms with Gasteiger partial charge in [0, 0.05) is 47.0 Å². The first-order chi connectivity index (χ1) is 15.0. The summed E-state index contributed by atoms with van der Waals surface area (Å²) in [7, 11) is 0. The van der Waals surface area contributed by atoms with Crippen LogP contribution in [0.5, 0.6) is 0 Å². The zero-order valence-corrected chi connectivity index (χ0v) is 19.4. The van der Waals surface area contributed by atoms with Gasteiger partial charge in [-0.3, -0.25) is 9.69 Å². The third-order valence-corrected chi connectivity index (χ3v) is 6.91. The van der Waals surface area contributed by atoms with E-state index in [0.717, 1.165) is 66.7 Å². The second kappa shape index (κ2) is 10.1. The summed E-state index contributed by atoms with van der Waals surface area (Å²) in [6, 6.07) is 8.41. The van der Waals surface area contributed by atoms with Gasteiger partial charge < -0.3 is 5.32 Å². The Morgan fingerprint density at radius 1 is 1.13 bits per heavy atom. The Kier molecular flexibility index (Phi) is 7.24. The summed E-state index contributed by atoms with van der Waals surface area (Å²) in [5.74, 6) is 1.35. The first-order valence-electron chi connectivity index (χ1n) is 11.6. The van der Waals surface area contributed by atoms with Gasteiger partial charge in [-0.15, -0.1) is 0 Å². The van der Waals surface area contributed by atoms with Crippen molar-refractivity contribution in [3.05, 3.63) is 57.6 Å². The van der Waals surface area contributed by atoms with Crippen LogP contribution in [0.2, 0.25) is 5.02 Å². The number of hydrogen-bond donors (Lipinski definition) is 1. The summed E-state index contributed by atoms with van der Waals surface area (Å²) < 4.78 is 0. The summed E-state index contributed by atoms with van der Waals surface area (Å²) in [6.45, 7) is 6.91. The van der Waals surface area contributed by atoms with Crippen molar-refractivity contribution in [3.63, 3.8) is 0 Å². The van der Waals surface area contributed by atoms with Gasteiger partial charge in [0.15, 0.2) is 0 Å². The average Bonchev–Trinajstić information content (AvgIpc) is 3.20. The van der Waals surface area contributed by atoms with Gasteiger partial charge in [0.25, 0.3) is 0 Å². The van der Waals surface area contributed by atoms with Crippen LogP contribution in [0.25, 0.3) is 0 Å². The van der Waals surface area contributed by atoms with Crippen molar-refractivity contribution < 1.29 is 4.79 Å². The molecule has 2 aliphatic rings. The number of benzene rings is 1. The number of halogens is 1. The zero-order valence-electron chi connectivity index (χ0n) is 18.7. The number of rotatable bonds is 6. The van der Waals surface area contributed by atoms with Crippen molar-refractivity contribution in [1.29, 1.82) is 0 Å². The van der Waals surface area contributed by atoms with Crippen molar-refractivity contribution in [2.75, 3.05) is 13.1 Å². The lowest BCUT2D eigenvalue weighted by atomic mass is 9.95. The molecule has 2 aromatic rings. The molecule has 1 aromatic carbocycles. The molecular formula is C25H33ClN4O. The second-order valence-electron chi connectivity index (χ2n) is 9.16. The van der Waals surface area contributed by atoms with Gasteiger partial charge >= 0.3 is 0 Å². The van der Waals surface area contributed by atoms with E-state index in [-0.39, 0.29) is 5.91 Å². The van der Waals surface area contributed by atoms with Gasteiger partial charge in [-0.1, -0.05) is 43.0 Å². The van der Waals surface area contributed by atoms with Crippen LogP contribution < -0.4 is 5.32 Å². The van der Waals surface area contributed by atoms with Gasteiger partial charge in [0.05, 0.1) is 6.42 Å². The maximum atomic E-state index is 12.6. The Morgan fingerprint density at radius 2 is 1.87 bits per heavy atom. The van der Waals surface area contributed by atoms with Crippen LogP contribution in [-0.4, -0.2) is 39.9 Å². The molecular weight excluding hydrogens is 408 g/mol. The molecule has 1 saturated carbocycles. The fourth-order valence-corrected chi connectivity index (χ4v) is 5.18. The topological polar surface area (TPSA) is 58.1 Å². The highest BCUT2D eigenvalue weighted by Crippen LogP contribution is 2.28. The van der Waals surface area contributed by atoms with Crippen LogP contribution >= 0.6 is 11.6 Å². The number of carbonyl (C=O) groups excluding carboxylic acids is 1. The minimum atomic E-state index is 0.100. The smallest absolute Gasteiger partial charge is 0.224 e. The molecule has 1 saturated heterocycles. The number of likely N-dealkylation sites (tertiary alicyclic amines) is 1. The number of carbonyl (C=O) groups is 1. The molecule has 0 radical (unpaired) electrons. The van der Waals surface area contributed by atoms with Gasteiger partial charge in [-0.2, -0.15) is 0 Å². The average molecular weight is 441 g/mol. The van der Waals surface area contributed by atoms with Crippen LogP contribution in [0.3, 0.4) is 0 Å². The summed E-state index contributed by atoms with van der Waals surface area (Å²) in [6.07, 6.45) is 7.37. The number of nitrogens with zero attached hydrogens (tertiary/aromatic N) is 3. The number of amides is 1. The van der Waals surface area contributed by atoms with E-state index in [1.165, 1.54) is 24.8 Å². The molecule has 1 aliphatic carbocycles. The molecule has 2 heterocycles. The van der Waals surface area contributed by atoms with E-state index < -0.39 is 0 Å². The quantitative estimate of drug-likeness (QED) is 0.705. The molecule has 0 bridgehead atoms. The highest BCUT2D eigenvalue weighted by atomic mass is 35.5. The first-order valence-corrected chi connectivity index (χ1v) is 12.0.